The molecule has 0 aromatic heterocycles. The normalized spacial score (nSPS) is 15.0. The maximum Gasteiger partial charge on any atom is 0.244 e. The molecule has 0 atom stereocenters. The van der Waals surface area contributed by atoms with Crippen molar-refractivity contribution in [3.63, 3.8) is 0 Å². The third-order valence-electron chi connectivity index (χ3n) is 2.63. The van der Waals surface area contributed by atoms with Crippen LogP contribution < -0.4 is 10.1 Å². The van der Waals surface area contributed by atoms with E-state index in [1.807, 2.05) is 0 Å². The van der Waals surface area contributed by atoms with Gasteiger partial charge in [0.15, 0.2) is 18.4 Å². The summed E-state index contributed by atoms with van der Waals surface area (Å²) in [4.78, 5) is 11.3. The van der Waals surface area contributed by atoms with Gasteiger partial charge in [-0.1, -0.05) is 12.1 Å². The lowest BCUT2D eigenvalue weighted by Crippen LogP contribution is -2.26. The number of methoxy groups -OCH3 is 1. The molecule has 0 bridgehead atoms. The maximum atomic E-state index is 13.7. The lowest BCUT2D eigenvalue weighted by Gasteiger charge is -2.17. The van der Waals surface area contributed by atoms with Crippen molar-refractivity contribution in [3.8, 4) is 5.75 Å². The quantitative estimate of drug-likeness (QED) is 0.829. The van der Waals surface area contributed by atoms with Crippen LogP contribution in [0.2, 0.25) is 0 Å². The van der Waals surface area contributed by atoms with Gasteiger partial charge in [-0.05, 0) is 18.1 Å². The summed E-state index contributed by atoms with van der Waals surface area (Å²) in [6, 6.07) is 4.65. The second kappa shape index (κ2) is 5.64. The lowest BCUT2D eigenvalue weighted by atomic mass is 9.99. The van der Waals surface area contributed by atoms with Crippen LogP contribution in [0.4, 0.5) is 4.39 Å². The van der Waals surface area contributed by atoms with Gasteiger partial charge < -0.3 is 14.8 Å². The molecular weight excluding hydrogens is 237 g/mol. The number of rotatable bonds is 4. The fraction of sp³-hybridized carbons (Fsp3) is 0.308. The van der Waals surface area contributed by atoms with Crippen molar-refractivity contribution in [2.24, 2.45) is 0 Å². The van der Waals surface area contributed by atoms with Gasteiger partial charge in [0, 0.05) is 25.3 Å². The van der Waals surface area contributed by atoms with Crippen LogP contribution in [0.5, 0.6) is 5.75 Å². The Kier molecular flexibility index (Phi) is 3.94. The second-order valence-electron chi connectivity index (χ2n) is 3.88. The number of carbonyl (C=O) groups is 1. The highest BCUT2D eigenvalue weighted by atomic mass is 19.1. The summed E-state index contributed by atoms with van der Waals surface area (Å²) in [5.41, 5.74) is 1.37. The van der Waals surface area contributed by atoms with Gasteiger partial charge >= 0.3 is 0 Å². The molecule has 1 aliphatic heterocycles. The van der Waals surface area contributed by atoms with Gasteiger partial charge in [0.1, 0.15) is 0 Å². The number of hydrogen-bond acceptors (Lipinski definition) is 3. The van der Waals surface area contributed by atoms with Crippen molar-refractivity contribution in [1.82, 2.24) is 5.32 Å². The molecule has 0 saturated heterocycles. The predicted octanol–water partition coefficient (Wildman–Crippen LogP) is 1.71. The Labute approximate surface area is 104 Å². The molecule has 96 valence electrons. The zero-order chi connectivity index (χ0) is 13.0. The van der Waals surface area contributed by atoms with E-state index in [0.717, 1.165) is 5.57 Å². The number of ether oxygens (including phenoxy) is 2. The Hall–Kier alpha value is -1.88. The monoisotopic (exact) mass is 251 g/mol. The first-order valence-electron chi connectivity index (χ1n) is 5.61. The number of halogens is 1. The maximum absolute atomic E-state index is 13.7. The Morgan fingerprint density at radius 3 is 3.00 bits per heavy atom. The Morgan fingerprint density at radius 2 is 2.28 bits per heavy atom. The van der Waals surface area contributed by atoms with Crippen LogP contribution in [0.25, 0.3) is 5.57 Å². The highest BCUT2D eigenvalue weighted by molar-refractivity contribution is 5.97. The minimum absolute atomic E-state index is 0.0343. The molecule has 0 spiro atoms. The van der Waals surface area contributed by atoms with Gasteiger partial charge in [-0.25, -0.2) is 4.39 Å². The number of nitrogens with one attached hydrogen (secondary N) is 1. The van der Waals surface area contributed by atoms with E-state index in [-0.39, 0.29) is 18.4 Å². The van der Waals surface area contributed by atoms with Crippen molar-refractivity contribution in [1.29, 1.82) is 0 Å². The van der Waals surface area contributed by atoms with Crippen LogP contribution >= 0.6 is 0 Å². The van der Waals surface area contributed by atoms with E-state index in [0.29, 0.717) is 18.5 Å². The topological polar surface area (TPSA) is 47.6 Å². The van der Waals surface area contributed by atoms with Crippen LogP contribution in [0.15, 0.2) is 24.3 Å². The highest BCUT2D eigenvalue weighted by Gasteiger charge is 2.17. The van der Waals surface area contributed by atoms with E-state index in [1.165, 1.54) is 19.3 Å². The Morgan fingerprint density at radius 1 is 1.44 bits per heavy atom. The highest BCUT2D eigenvalue weighted by Crippen LogP contribution is 2.31. The van der Waals surface area contributed by atoms with E-state index in [2.05, 4.69) is 5.32 Å². The van der Waals surface area contributed by atoms with Crippen LogP contribution in [0.1, 0.15) is 12.0 Å². The van der Waals surface area contributed by atoms with Crippen molar-refractivity contribution in [3.05, 3.63) is 35.7 Å². The minimum Gasteiger partial charge on any atom is -0.464 e. The first-order chi connectivity index (χ1) is 8.72. The smallest absolute Gasteiger partial charge is 0.244 e. The van der Waals surface area contributed by atoms with E-state index in [1.54, 1.807) is 12.1 Å². The summed E-state index contributed by atoms with van der Waals surface area (Å²) >= 11 is 0. The van der Waals surface area contributed by atoms with Crippen LogP contribution in [-0.2, 0) is 9.53 Å². The molecule has 0 unspecified atom stereocenters. The first kappa shape index (κ1) is 12.6. The summed E-state index contributed by atoms with van der Waals surface area (Å²) < 4.78 is 23.7. The zero-order valence-electron chi connectivity index (χ0n) is 10.0. The van der Waals surface area contributed by atoms with Gasteiger partial charge in [-0.15, -0.1) is 0 Å². The van der Waals surface area contributed by atoms with E-state index >= 15 is 0 Å². The van der Waals surface area contributed by atoms with Gasteiger partial charge in [-0.3, -0.25) is 4.79 Å². The summed E-state index contributed by atoms with van der Waals surface area (Å²) in [6.45, 7) is 0.512. The van der Waals surface area contributed by atoms with Crippen LogP contribution in [0.3, 0.4) is 0 Å². The number of hydrogen-bond donors (Lipinski definition) is 1. The van der Waals surface area contributed by atoms with Gasteiger partial charge in [0.05, 0.1) is 0 Å². The van der Waals surface area contributed by atoms with E-state index < -0.39 is 5.82 Å². The number of para-hydroxylation sites is 1. The Balaban J connectivity index is 2.37. The molecule has 2 rings (SSSR count). The second-order valence-corrected chi connectivity index (χ2v) is 3.88. The molecule has 0 saturated carbocycles. The summed E-state index contributed by atoms with van der Waals surface area (Å²) in [7, 11) is 1.47. The average molecular weight is 251 g/mol. The number of amides is 1. The van der Waals surface area contributed by atoms with Gasteiger partial charge in [-0.2, -0.15) is 0 Å². The van der Waals surface area contributed by atoms with Crippen molar-refractivity contribution in [2.75, 3.05) is 20.4 Å². The Bertz CT molecular complexity index is 485. The number of carbonyl (C=O) groups excluding carboxylic acids is 1. The number of benzene rings is 1. The molecule has 5 heteroatoms. The van der Waals surface area contributed by atoms with E-state index in [9.17, 15) is 9.18 Å². The molecule has 0 radical (unpaired) electrons. The van der Waals surface area contributed by atoms with Gasteiger partial charge in [0.2, 0.25) is 5.91 Å². The predicted molar refractivity (Wildman–Crippen MR) is 64.5 cm³/mol. The molecule has 4 nitrogen and oxygen atoms in total. The van der Waals surface area contributed by atoms with Crippen LogP contribution in [0, 0.1) is 5.82 Å². The molecule has 0 fully saturated rings. The summed E-state index contributed by atoms with van der Waals surface area (Å²) in [5.74, 6) is -0.505. The first-order valence-corrected chi connectivity index (χ1v) is 5.61. The van der Waals surface area contributed by atoms with E-state index in [4.69, 9.17) is 9.47 Å². The molecular formula is C13H14FNO3. The molecule has 1 N–H and O–H groups in total. The molecule has 1 aliphatic rings. The van der Waals surface area contributed by atoms with Crippen molar-refractivity contribution >= 4 is 11.5 Å². The lowest BCUT2D eigenvalue weighted by molar-refractivity contribution is -0.116. The zero-order valence-corrected chi connectivity index (χ0v) is 10.0. The molecule has 0 aliphatic carbocycles. The third kappa shape index (κ3) is 2.68. The molecule has 1 heterocycles. The fourth-order valence-corrected chi connectivity index (χ4v) is 1.84. The SMILES string of the molecule is COCOc1c(F)cccc1C1=CC(=O)NCC1. The largest absolute Gasteiger partial charge is 0.464 e. The molecule has 18 heavy (non-hydrogen) atoms. The van der Waals surface area contributed by atoms with Crippen LogP contribution in [-0.4, -0.2) is 26.4 Å². The summed E-state index contributed by atoms with van der Waals surface area (Å²) in [5, 5.41) is 2.68. The fourth-order valence-electron chi connectivity index (χ4n) is 1.84. The molecule has 1 aromatic carbocycles. The van der Waals surface area contributed by atoms with Gasteiger partial charge in [0.25, 0.3) is 0 Å². The minimum atomic E-state index is -0.462. The van der Waals surface area contributed by atoms with Crippen molar-refractivity contribution < 1.29 is 18.7 Å². The third-order valence-corrected chi connectivity index (χ3v) is 2.63. The summed E-state index contributed by atoms with van der Waals surface area (Å²) in [6.07, 6.45) is 2.12. The molecule has 1 amide bonds. The standard InChI is InChI=1S/C13H14FNO3/c1-17-8-18-13-10(3-2-4-11(13)14)9-5-6-15-12(16)7-9/h2-4,7H,5-6,8H2,1H3,(H,15,16). The molecule has 1 aromatic rings. The average Bonchev–Trinajstić information content (AvgIpc) is 2.37. The van der Waals surface area contributed by atoms with Crippen molar-refractivity contribution in [2.45, 2.75) is 6.42 Å².